The third-order valence-corrected chi connectivity index (χ3v) is 11.0. The average Bonchev–Trinajstić information content (AvgIpc) is 3.47. The molecular formula is C35H28N4O3S3. The highest BCUT2D eigenvalue weighted by Gasteiger charge is 2.36. The summed E-state index contributed by atoms with van der Waals surface area (Å²) in [5.74, 6) is 0.557. The van der Waals surface area contributed by atoms with Crippen molar-refractivity contribution in [1.29, 1.82) is 0 Å². The second-order valence-electron chi connectivity index (χ2n) is 10.4. The molecule has 0 saturated carbocycles. The summed E-state index contributed by atoms with van der Waals surface area (Å²) in [6.45, 7) is 0. The highest BCUT2D eigenvalue weighted by Crippen LogP contribution is 2.44. The lowest BCUT2D eigenvalue weighted by atomic mass is 10.1. The molecule has 3 atom stereocenters. The molecule has 1 aliphatic heterocycles. The smallest absolute Gasteiger partial charge is 0.326 e. The van der Waals surface area contributed by atoms with Crippen LogP contribution in [0.3, 0.4) is 0 Å². The van der Waals surface area contributed by atoms with E-state index in [1.807, 2.05) is 108 Å². The Morgan fingerprint density at radius 3 is 2.60 bits per heavy atom. The summed E-state index contributed by atoms with van der Waals surface area (Å²) in [5.41, 5.74) is 3.20. The second-order valence-corrected chi connectivity index (χ2v) is 13.8. The predicted octanol–water partition coefficient (Wildman–Crippen LogP) is 8.78. The van der Waals surface area contributed by atoms with E-state index in [0.29, 0.717) is 10.8 Å². The lowest BCUT2D eigenvalue weighted by Crippen LogP contribution is -2.49. The molecule has 45 heavy (non-hydrogen) atoms. The summed E-state index contributed by atoms with van der Waals surface area (Å²) in [6, 6.07) is 30.6. The van der Waals surface area contributed by atoms with E-state index in [-0.39, 0.29) is 23.2 Å². The van der Waals surface area contributed by atoms with Crippen molar-refractivity contribution in [2.75, 3.05) is 22.6 Å². The number of thioether (sulfide) groups is 2. The molecule has 0 radical (unpaired) electrons. The molecule has 5 aromatic rings. The van der Waals surface area contributed by atoms with Crippen LogP contribution in [-0.2, 0) is 4.79 Å². The minimum Gasteiger partial charge on any atom is -0.497 e. The van der Waals surface area contributed by atoms with Crippen LogP contribution in [0.1, 0.15) is 10.8 Å². The molecule has 0 fully saturated rings. The van der Waals surface area contributed by atoms with Crippen LogP contribution in [0, 0.1) is 0 Å². The Morgan fingerprint density at radius 2 is 1.73 bits per heavy atom. The third-order valence-electron chi connectivity index (χ3n) is 7.47. The molecule has 2 heterocycles. The first-order chi connectivity index (χ1) is 22.1. The van der Waals surface area contributed by atoms with Gasteiger partial charge in [0.15, 0.2) is 5.13 Å². The first-order valence-corrected chi connectivity index (χ1v) is 16.9. The summed E-state index contributed by atoms with van der Waals surface area (Å²) < 4.78 is 6.26. The number of benzene rings is 4. The summed E-state index contributed by atoms with van der Waals surface area (Å²) in [7, 11) is 1.62. The van der Waals surface area contributed by atoms with E-state index in [0.717, 1.165) is 37.0 Å². The first-order valence-electron chi connectivity index (χ1n) is 14.3. The van der Waals surface area contributed by atoms with Gasteiger partial charge in [0.2, 0.25) is 5.91 Å². The van der Waals surface area contributed by atoms with Gasteiger partial charge in [-0.15, -0.1) is 23.5 Å². The van der Waals surface area contributed by atoms with Crippen LogP contribution in [0.5, 0.6) is 5.75 Å². The maximum Gasteiger partial charge on any atom is 0.326 e. The Kier molecular flexibility index (Phi) is 8.34. The van der Waals surface area contributed by atoms with Crippen molar-refractivity contribution in [3.8, 4) is 5.75 Å². The molecule has 2 aliphatic rings. The van der Waals surface area contributed by atoms with E-state index >= 15 is 0 Å². The van der Waals surface area contributed by atoms with Crippen molar-refractivity contribution in [3.05, 3.63) is 127 Å². The minimum absolute atomic E-state index is 0.0952. The maximum absolute atomic E-state index is 13.8. The number of fused-ring (bicyclic) bond motifs is 3. The summed E-state index contributed by atoms with van der Waals surface area (Å²) in [6.07, 6.45) is 8.24. The zero-order valence-electron chi connectivity index (χ0n) is 24.1. The van der Waals surface area contributed by atoms with Crippen molar-refractivity contribution < 1.29 is 14.3 Å². The standard InChI is InChI=1S/C35H28N4O3S3/c1-42-24-18-19-26-31(21-24)45-34(37-26)38-33(40)32(22-10-3-2-4-11-22)43-25-13-9-12-23(20-25)36-35(41)39-27-14-5-7-16-29(27)44-30-17-8-6-15-28(30)39/h2-21,27,29,32H,1H3,(H,36,41)(H,37,38,40). The monoisotopic (exact) mass is 648 g/mol. The topological polar surface area (TPSA) is 83.6 Å². The van der Waals surface area contributed by atoms with Gasteiger partial charge in [0, 0.05) is 15.5 Å². The van der Waals surface area contributed by atoms with Crippen molar-refractivity contribution in [2.24, 2.45) is 0 Å². The number of rotatable bonds is 7. The number of hydrogen-bond acceptors (Lipinski definition) is 7. The Bertz CT molecular complexity index is 1940. The number of thiazole rings is 1. The van der Waals surface area contributed by atoms with E-state index in [4.69, 9.17) is 4.74 Å². The molecule has 3 amide bonds. The van der Waals surface area contributed by atoms with Gasteiger partial charge in [-0.3, -0.25) is 9.69 Å². The van der Waals surface area contributed by atoms with Crippen molar-refractivity contribution >= 4 is 73.5 Å². The number of allylic oxidation sites excluding steroid dienone is 2. The van der Waals surface area contributed by atoms with Gasteiger partial charge in [0.1, 0.15) is 11.0 Å². The molecule has 1 aromatic heterocycles. The van der Waals surface area contributed by atoms with Gasteiger partial charge in [-0.05, 0) is 54.1 Å². The number of hydrogen-bond donors (Lipinski definition) is 2. The fraction of sp³-hybridized carbons (Fsp3) is 0.114. The number of anilines is 3. The van der Waals surface area contributed by atoms with E-state index in [1.165, 1.54) is 23.1 Å². The van der Waals surface area contributed by atoms with Crippen LogP contribution in [0.25, 0.3) is 10.2 Å². The lowest BCUT2D eigenvalue weighted by Gasteiger charge is -2.40. The number of carbonyl (C=O) groups excluding carboxylic acids is 2. The molecule has 1 aliphatic carbocycles. The highest BCUT2D eigenvalue weighted by atomic mass is 32.2. The van der Waals surface area contributed by atoms with Gasteiger partial charge >= 0.3 is 6.03 Å². The highest BCUT2D eigenvalue weighted by molar-refractivity contribution is 8.00. The second kappa shape index (κ2) is 12.8. The van der Waals surface area contributed by atoms with Crippen molar-refractivity contribution in [3.63, 3.8) is 0 Å². The van der Waals surface area contributed by atoms with Gasteiger partial charge in [0.05, 0.1) is 34.3 Å². The normalized spacial score (nSPS) is 17.3. The third kappa shape index (κ3) is 6.22. The Hall–Kier alpha value is -4.51. The molecule has 0 saturated heterocycles. The fourth-order valence-corrected chi connectivity index (χ4v) is 8.59. The fourth-order valence-electron chi connectivity index (χ4n) is 5.35. The Morgan fingerprint density at radius 1 is 0.911 bits per heavy atom. The summed E-state index contributed by atoms with van der Waals surface area (Å²) in [4.78, 5) is 35.9. The van der Waals surface area contributed by atoms with Crippen LogP contribution in [0.4, 0.5) is 21.3 Å². The largest absolute Gasteiger partial charge is 0.497 e. The number of para-hydroxylation sites is 1. The Balaban J connectivity index is 1.12. The maximum atomic E-state index is 13.8. The van der Waals surface area contributed by atoms with Crippen molar-refractivity contribution in [1.82, 2.24) is 4.98 Å². The van der Waals surface area contributed by atoms with Gasteiger partial charge < -0.3 is 15.4 Å². The molecule has 0 spiro atoms. The van der Waals surface area contributed by atoms with E-state index in [9.17, 15) is 9.59 Å². The number of carbonyl (C=O) groups is 2. The lowest BCUT2D eigenvalue weighted by molar-refractivity contribution is -0.115. The number of urea groups is 1. The van der Waals surface area contributed by atoms with Crippen LogP contribution < -0.4 is 20.3 Å². The molecule has 3 unspecified atom stereocenters. The number of nitrogens with one attached hydrogen (secondary N) is 2. The summed E-state index contributed by atoms with van der Waals surface area (Å²) in [5, 5.41) is 6.26. The molecule has 2 N–H and O–H groups in total. The van der Waals surface area contributed by atoms with Crippen LogP contribution in [0.2, 0.25) is 0 Å². The van der Waals surface area contributed by atoms with Crippen LogP contribution >= 0.6 is 34.9 Å². The summed E-state index contributed by atoms with van der Waals surface area (Å²) >= 11 is 4.60. The van der Waals surface area contributed by atoms with Gasteiger partial charge in [-0.1, -0.05) is 84.2 Å². The van der Waals surface area contributed by atoms with Gasteiger partial charge in [-0.2, -0.15) is 0 Å². The molecule has 4 aromatic carbocycles. The number of methoxy groups -OCH3 is 1. The average molecular weight is 649 g/mol. The molecule has 7 nitrogen and oxygen atoms in total. The minimum atomic E-state index is -0.551. The predicted molar refractivity (Wildman–Crippen MR) is 186 cm³/mol. The first kappa shape index (κ1) is 29.2. The SMILES string of the molecule is COc1ccc2nc(NC(=O)C(Sc3cccc(NC(=O)N4c5ccccc5SC5C=CC=CC54)c3)c3ccccc3)sc2c1. The van der Waals surface area contributed by atoms with E-state index in [1.54, 1.807) is 18.9 Å². The molecule has 10 heteroatoms. The van der Waals surface area contributed by atoms with E-state index in [2.05, 4.69) is 33.8 Å². The zero-order chi connectivity index (χ0) is 30.8. The van der Waals surface area contributed by atoms with E-state index < -0.39 is 5.25 Å². The van der Waals surface area contributed by atoms with Gasteiger partial charge in [0.25, 0.3) is 0 Å². The molecule has 0 bridgehead atoms. The number of aromatic nitrogens is 1. The quantitative estimate of drug-likeness (QED) is 0.172. The number of ether oxygens (including phenoxy) is 1. The molecule has 7 rings (SSSR count). The molecule has 224 valence electrons. The Labute approximate surface area is 273 Å². The number of nitrogens with zero attached hydrogens (tertiary/aromatic N) is 2. The van der Waals surface area contributed by atoms with Crippen LogP contribution in [-0.4, -0.2) is 35.3 Å². The van der Waals surface area contributed by atoms with Gasteiger partial charge in [-0.25, -0.2) is 9.78 Å². The molecular weight excluding hydrogens is 621 g/mol. The van der Waals surface area contributed by atoms with Crippen molar-refractivity contribution in [2.45, 2.75) is 26.3 Å². The number of amides is 3. The van der Waals surface area contributed by atoms with Crippen LogP contribution in [0.15, 0.2) is 131 Å². The zero-order valence-corrected chi connectivity index (χ0v) is 26.6.